The topological polar surface area (TPSA) is 81.5 Å². The van der Waals surface area contributed by atoms with Gasteiger partial charge in [0.25, 0.3) is 0 Å². The molecule has 0 radical (unpaired) electrons. The van der Waals surface area contributed by atoms with Gasteiger partial charge in [0, 0.05) is 35.3 Å². The van der Waals surface area contributed by atoms with Crippen molar-refractivity contribution in [3.8, 4) is 28.4 Å². The SMILES string of the molecule is COc1cc(Nc2cc3cccc(-c4cccc(CN)c4)c3[nH]2)cc(OC)c1OC. The van der Waals surface area contributed by atoms with Crippen molar-refractivity contribution in [3.63, 3.8) is 0 Å². The molecule has 154 valence electrons. The van der Waals surface area contributed by atoms with E-state index in [1.165, 1.54) is 0 Å². The molecule has 6 nitrogen and oxygen atoms in total. The number of rotatable bonds is 7. The first-order chi connectivity index (χ1) is 14.7. The standard InChI is InChI=1S/C24H25N3O3/c1-28-20-12-18(13-21(29-2)24(20)30-3)26-22-11-17-8-5-9-19(23(17)27-22)16-7-4-6-15(10-16)14-25/h4-13,26-27H,14,25H2,1-3H3. The Morgan fingerprint density at radius 3 is 2.27 bits per heavy atom. The maximum Gasteiger partial charge on any atom is 0.203 e. The molecule has 0 bridgehead atoms. The fourth-order valence-corrected chi connectivity index (χ4v) is 3.64. The Balaban J connectivity index is 1.73. The van der Waals surface area contributed by atoms with Crippen LogP contribution in [0.1, 0.15) is 5.56 Å². The zero-order valence-electron chi connectivity index (χ0n) is 17.3. The number of aromatic amines is 1. The molecule has 1 aromatic heterocycles. The second-order valence-electron chi connectivity index (χ2n) is 6.90. The third-order valence-corrected chi connectivity index (χ3v) is 5.07. The van der Waals surface area contributed by atoms with E-state index < -0.39 is 0 Å². The summed E-state index contributed by atoms with van der Waals surface area (Å²) in [5.41, 5.74) is 11.1. The minimum Gasteiger partial charge on any atom is -0.493 e. The molecule has 4 aromatic rings. The zero-order valence-corrected chi connectivity index (χ0v) is 17.3. The van der Waals surface area contributed by atoms with Crippen LogP contribution in [0.3, 0.4) is 0 Å². The van der Waals surface area contributed by atoms with E-state index in [0.717, 1.165) is 39.1 Å². The van der Waals surface area contributed by atoms with Crippen LogP contribution < -0.4 is 25.3 Å². The lowest BCUT2D eigenvalue weighted by Crippen LogP contribution is -1.98. The van der Waals surface area contributed by atoms with Crippen molar-refractivity contribution in [3.05, 3.63) is 66.2 Å². The Morgan fingerprint density at radius 1 is 0.867 bits per heavy atom. The average molecular weight is 403 g/mol. The van der Waals surface area contributed by atoms with Crippen LogP contribution in [0, 0.1) is 0 Å². The second kappa shape index (κ2) is 8.39. The van der Waals surface area contributed by atoms with Gasteiger partial charge in [0.2, 0.25) is 5.75 Å². The van der Waals surface area contributed by atoms with Crippen molar-refractivity contribution in [2.45, 2.75) is 6.54 Å². The van der Waals surface area contributed by atoms with Crippen LogP contribution in [0.4, 0.5) is 11.5 Å². The highest BCUT2D eigenvalue weighted by atomic mass is 16.5. The normalized spacial score (nSPS) is 10.8. The van der Waals surface area contributed by atoms with Gasteiger partial charge in [0.1, 0.15) is 5.82 Å². The molecule has 0 aliphatic carbocycles. The summed E-state index contributed by atoms with van der Waals surface area (Å²) in [7, 11) is 4.80. The molecule has 0 saturated carbocycles. The fraction of sp³-hybridized carbons (Fsp3) is 0.167. The number of methoxy groups -OCH3 is 3. The number of benzene rings is 3. The molecule has 0 amide bonds. The van der Waals surface area contributed by atoms with Crippen molar-refractivity contribution in [1.29, 1.82) is 0 Å². The Hall–Kier alpha value is -3.64. The highest BCUT2D eigenvalue weighted by Crippen LogP contribution is 2.41. The molecule has 0 atom stereocenters. The quantitative estimate of drug-likeness (QED) is 0.402. The van der Waals surface area contributed by atoms with E-state index in [9.17, 15) is 0 Å². The summed E-state index contributed by atoms with van der Waals surface area (Å²) in [6.07, 6.45) is 0. The van der Waals surface area contributed by atoms with Crippen LogP contribution in [0.5, 0.6) is 17.2 Å². The van der Waals surface area contributed by atoms with Crippen LogP contribution in [0.25, 0.3) is 22.0 Å². The van der Waals surface area contributed by atoms with Crippen LogP contribution in [0.15, 0.2) is 60.7 Å². The highest BCUT2D eigenvalue weighted by Gasteiger charge is 2.14. The van der Waals surface area contributed by atoms with Crippen LogP contribution >= 0.6 is 0 Å². The molecular weight excluding hydrogens is 378 g/mol. The molecule has 3 aromatic carbocycles. The third-order valence-electron chi connectivity index (χ3n) is 5.07. The summed E-state index contributed by atoms with van der Waals surface area (Å²) >= 11 is 0. The molecule has 30 heavy (non-hydrogen) atoms. The van der Waals surface area contributed by atoms with E-state index in [1.54, 1.807) is 21.3 Å². The van der Waals surface area contributed by atoms with Crippen LogP contribution in [-0.2, 0) is 6.54 Å². The van der Waals surface area contributed by atoms with E-state index in [1.807, 2.05) is 24.3 Å². The average Bonchev–Trinajstić information content (AvgIpc) is 3.20. The minimum absolute atomic E-state index is 0.516. The summed E-state index contributed by atoms with van der Waals surface area (Å²) in [5.74, 6) is 2.61. The first-order valence-electron chi connectivity index (χ1n) is 9.65. The largest absolute Gasteiger partial charge is 0.493 e. The number of anilines is 2. The number of H-pyrrole nitrogens is 1. The predicted molar refractivity (Wildman–Crippen MR) is 121 cm³/mol. The molecule has 4 N–H and O–H groups in total. The monoisotopic (exact) mass is 403 g/mol. The van der Waals surface area contributed by atoms with Gasteiger partial charge in [-0.05, 0) is 23.3 Å². The molecule has 4 rings (SSSR count). The van der Waals surface area contributed by atoms with Gasteiger partial charge in [-0.1, -0.05) is 36.4 Å². The Bertz CT molecular complexity index is 1160. The number of fused-ring (bicyclic) bond motifs is 1. The van der Waals surface area contributed by atoms with Crippen molar-refractivity contribution >= 4 is 22.4 Å². The number of nitrogens with one attached hydrogen (secondary N) is 2. The molecule has 0 fully saturated rings. The smallest absolute Gasteiger partial charge is 0.203 e. The maximum atomic E-state index is 5.82. The molecule has 0 aliphatic heterocycles. The van der Waals surface area contributed by atoms with E-state index in [4.69, 9.17) is 19.9 Å². The van der Waals surface area contributed by atoms with Gasteiger partial charge in [-0.3, -0.25) is 0 Å². The minimum atomic E-state index is 0.516. The van der Waals surface area contributed by atoms with E-state index in [0.29, 0.717) is 23.8 Å². The lowest BCUT2D eigenvalue weighted by atomic mass is 10.0. The van der Waals surface area contributed by atoms with E-state index in [2.05, 4.69) is 46.7 Å². The molecule has 0 saturated heterocycles. The number of hydrogen-bond donors (Lipinski definition) is 3. The van der Waals surface area contributed by atoms with E-state index in [-0.39, 0.29) is 0 Å². The number of para-hydroxylation sites is 1. The molecular formula is C24H25N3O3. The summed E-state index contributed by atoms with van der Waals surface area (Å²) in [6, 6.07) is 20.4. The summed E-state index contributed by atoms with van der Waals surface area (Å²) in [5, 5.41) is 4.52. The summed E-state index contributed by atoms with van der Waals surface area (Å²) in [4.78, 5) is 3.50. The Labute approximate surface area is 175 Å². The van der Waals surface area contributed by atoms with Gasteiger partial charge in [-0.15, -0.1) is 0 Å². The summed E-state index contributed by atoms with van der Waals surface area (Å²) in [6.45, 7) is 0.516. The van der Waals surface area contributed by atoms with Gasteiger partial charge < -0.3 is 30.2 Å². The van der Waals surface area contributed by atoms with E-state index >= 15 is 0 Å². The van der Waals surface area contributed by atoms with Crippen molar-refractivity contribution in [1.82, 2.24) is 4.98 Å². The lowest BCUT2D eigenvalue weighted by molar-refractivity contribution is 0.324. The zero-order chi connectivity index (χ0) is 21.1. The van der Waals surface area contributed by atoms with Crippen LogP contribution in [0.2, 0.25) is 0 Å². The second-order valence-corrected chi connectivity index (χ2v) is 6.90. The van der Waals surface area contributed by atoms with Gasteiger partial charge in [0.05, 0.1) is 26.8 Å². The Kier molecular flexibility index (Phi) is 5.50. The van der Waals surface area contributed by atoms with Gasteiger partial charge in [-0.2, -0.15) is 0 Å². The predicted octanol–water partition coefficient (Wildman–Crippen LogP) is 5.06. The molecule has 6 heteroatoms. The molecule has 0 unspecified atom stereocenters. The number of nitrogens with two attached hydrogens (primary N) is 1. The van der Waals surface area contributed by atoms with Gasteiger partial charge >= 0.3 is 0 Å². The first-order valence-corrected chi connectivity index (χ1v) is 9.65. The highest BCUT2D eigenvalue weighted by molar-refractivity contribution is 5.97. The Morgan fingerprint density at radius 2 is 1.60 bits per heavy atom. The third kappa shape index (κ3) is 3.65. The lowest BCUT2D eigenvalue weighted by Gasteiger charge is -2.14. The van der Waals surface area contributed by atoms with Crippen molar-refractivity contribution < 1.29 is 14.2 Å². The number of aromatic nitrogens is 1. The van der Waals surface area contributed by atoms with Crippen LogP contribution in [-0.4, -0.2) is 26.3 Å². The molecule has 1 heterocycles. The number of hydrogen-bond acceptors (Lipinski definition) is 5. The van der Waals surface area contributed by atoms with Gasteiger partial charge in [0.15, 0.2) is 11.5 Å². The maximum absolute atomic E-state index is 5.82. The number of ether oxygens (including phenoxy) is 3. The van der Waals surface area contributed by atoms with Crippen molar-refractivity contribution in [2.24, 2.45) is 5.73 Å². The fourth-order valence-electron chi connectivity index (χ4n) is 3.64. The van der Waals surface area contributed by atoms with Gasteiger partial charge in [-0.25, -0.2) is 0 Å². The molecule has 0 spiro atoms. The first kappa shape index (κ1) is 19.7. The molecule has 0 aliphatic rings. The summed E-state index contributed by atoms with van der Waals surface area (Å²) < 4.78 is 16.3. The van der Waals surface area contributed by atoms with Crippen molar-refractivity contribution in [2.75, 3.05) is 26.6 Å².